The molecule has 1 aromatic carbocycles. The van der Waals surface area contributed by atoms with Gasteiger partial charge in [-0.05, 0) is 37.4 Å². The van der Waals surface area contributed by atoms with Gasteiger partial charge in [-0.2, -0.15) is 0 Å². The lowest BCUT2D eigenvalue weighted by Gasteiger charge is -2.15. The number of hydrogen-bond donors (Lipinski definition) is 1. The predicted octanol–water partition coefficient (Wildman–Crippen LogP) is 2.28. The van der Waals surface area contributed by atoms with E-state index in [0.29, 0.717) is 6.54 Å². The van der Waals surface area contributed by atoms with Crippen LogP contribution in [0.3, 0.4) is 0 Å². The zero-order valence-electron chi connectivity index (χ0n) is 11.8. The third kappa shape index (κ3) is 4.36. The van der Waals surface area contributed by atoms with Crippen LogP contribution in [0.2, 0.25) is 0 Å². The average Bonchev–Trinajstić information content (AvgIpc) is 2.48. The van der Waals surface area contributed by atoms with Gasteiger partial charge in [0.05, 0.1) is 12.1 Å². The third-order valence-corrected chi connectivity index (χ3v) is 3.15. The Morgan fingerprint density at radius 1 is 1.33 bits per heavy atom. The van der Waals surface area contributed by atoms with E-state index in [0.717, 1.165) is 24.2 Å². The SMILES string of the molecule is CN(CCc1ccccn1)CC(=O)c1cc(F)ccc1O. The summed E-state index contributed by atoms with van der Waals surface area (Å²) in [5, 5.41) is 9.61. The molecule has 2 aromatic rings. The molecule has 0 fully saturated rings. The first-order chi connectivity index (χ1) is 10.1. The maximum atomic E-state index is 13.1. The zero-order chi connectivity index (χ0) is 15.2. The number of aromatic nitrogens is 1. The molecule has 0 radical (unpaired) electrons. The summed E-state index contributed by atoms with van der Waals surface area (Å²) < 4.78 is 13.1. The standard InChI is InChI=1S/C16H17FN2O2/c1-19(9-7-13-4-2-3-8-18-13)11-16(21)14-10-12(17)5-6-15(14)20/h2-6,8,10,20H,7,9,11H2,1H3. The van der Waals surface area contributed by atoms with Gasteiger partial charge < -0.3 is 5.11 Å². The molecule has 0 spiro atoms. The summed E-state index contributed by atoms with van der Waals surface area (Å²) in [7, 11) is 1.80. The van der Waals surface area contributed by atoms with Crippen LogP contribution in [0.1, 0.15) is 16.1 Å². The van der Waals surface area contributed by atoms with Gasteiger partial charge in [0, 0.05) is 24.9 Å². The molecule has 0 aliphatic carbocycles. The summed E-state index contributed by atoms with van der Waals surface area (Å²) in [5.74, 6) is -1.04. The van der Waals surface area contributed by atoms with Crippen molar-refractivity contribution in [3.05, 3.63) is 59.7 Å². The third-order valence-electron chi connectivity index (χ3n) is 3.15. The predicted molar refractivity (Wildman–Crippen MR) is 77.8 cm³/mol. The van der Waals surface area contributed by atoms with Gasteiger partial charge in [-0.1, -0.05) is 6.07 Å². The van der Waals surface area contributed by atoms with E-state index < -0.39 is 5.82 Å². The Kier molecular flexibility index (Phi) is 5.00. The molecule has 1 aromatic heterocycles. The molecule has 5 heteroatoms. The number of carbonyl (C=O) groups excluding carboxylic acids is 1. The summed E-state index contributed by atoms with van der Waals surface area (Å²) in [5.41, 5.74) is 0.963. The van der Waals surface area contributed by atoms with E-state index in [2.05, 4.69) is 4.98 Å². The number of aromatic hydroxyl groups is 1. The second-order valence-electron chi connectivity index (χ2n) is 4.89. The highest BCUT2D eigenvalue weighted by atomic mass is 19.1. The molecule has 0 saturated heterocycles. The Hall–Kier alpha value is -2.27. The minimum atomic E-state index is -0.535. The Morgan fingerprint density at radius 2 is 2.14 bits per heavy atom. The van der Waals surface area contributed by atoms with E-state index in [9.17, 15) is 14.3 Å². The van der Waals surface area contributed by atoms with Crippen molar-refractivity contribution in [2.45, 2.75) is 6.42 Å². The number of likely N-dealkylation sites (N-methyl/N-ethyl adjacent to an activating group) is 1. The maximum Gasteiger partial charge on any atom is 0.180 e. The number of phenols is 1. The van der Waals surface area contributed by atoms with Gasteiger partial charge in [-0.25, -0.2) is 4.39 Å². The van der Waals surface area contributed by atoms with Gasteiger partial charge >= 0.3 is 0 Å². The number of Topliss-reactive ketones (excluding diaryl/α,β-unsaturated/α-hetero) is 1. The van der Waals surface area contributed by atoms with Crippen LogP contribution >= 0.6 is 0 Å². The molecule has 0 unspecified atom stereocenters. The van der Waals surface area contributed by atoms with Gasteiger partial charge in [-0.15, -0.1) is 0 Å². The summed E-state index contributed by atoms with van der Waals surface area (Å²) in [6.45, 7) is 0.767. The van der Waals surface area contributed by atoms with Crippen LogP contribution in [0.25, 0.3) is 0 Å². The monoisotopic (exact) mass is 288 g/mol. The Labute approximate surface area is 122 Å². The molecule has 1 heterocycles. The Balaban J connectivity index is 1.91. The minimum absolute atomic E-state index is 0.0136. The largest absolute Gasteiger partial charge is 0.507 e. The molecule has 21 heavy (non-hydrogen) atoms. The van der Waals surface area contributed by atoms with Gasteiger partial charge in [-0.3, -0.25) is 14.7 Å². The highest BCUT2D eigenvalue weighted by Crippen LogP contribution is 2.18. The molecule has 0 atom stereocenters. The van der Waals surface area contributed by atoms with Crippen molar-refractivity contribution in [2.75, 3.05) is 20.1 Å². The van der Waals surface area contributed by atoms with E-state index in [4.69, 9.17) is 0 Å². The van der Waals surface area contributed by atoms with Crippen LogP contribution in [0.15, 0.2) is 42.6 Å². The highest BCUT2D eigenvalue weighted by molar-refractivity contribution is 5.99. The Bertz CT molecular complexity index is 617. The number of benzene rings is 1. The second kappa shape index (κ2) is 6.95. The van der Waals surface area contributed by atoms with Crippen LogP contribution in [0.5, 0.6) is 5.75 Å². The number of phenolic OH excluding ortho intramolecular Hbond substituents is 1. The fourth-order valence-electron chi connectivity index (χ4n) is 1.99. The average molecular weight is 288 g/mol. The first-order valence-corrected chi connectivity index (χ1v) is 6.66. The van der Waals surface area contributed by atoms with Crippen LogP contribution in [-0.4, -0.2) is 40.9 Å². The van der Waals surface area contributed by atoms with E-state index in [1.807, 2.05) is 23.1 Å². The summed E-state index contributed by atoms with van der Waals surface area (Å²) in [6, 6.07) is 9.06. The van der Waals surface area contributed by atoms with Crippen molar-refractivity contribution in [3.63, 3.8) is 0 Å². The molecule has 0 aliphatic rings. The van der Waals surface area contributed by atoms with Crippen molar-refractivity contribution in [1.29, 1.82) is 0 Å². The number of halogens is 1. The van der Waals surface area contributed by atoms with Crippen LogP contribution in [0, 0.1) is 5.82 Å². The van der Waals surface area contributed by atoms with Crippen LogP contribution in [0.4, 0.5) is 4.39 Å². The van der Waals surface area contributed by atoms with Crippen LogP contribution in [-0.2, 0) is 6.42 Å². The minimum Gasteiger partial charge on any atom is -0.507 e. The molecule has 4 nitrogen and oxygen atoms in total. The molecule has 0 saturated carbocycles. The first-order valence-electron chi connectivity index (χ1n) is 6.66. The van der Waals surface area contributed by atoms with Gasteiger partial charge in [0.25, 0.3) is 0 Å². The van der Waals surface area contributed by atoms with E-state index in [1.54, 1.807) is 13.2 Å². The smallest absolute Gasteiger partial charge is 0.180 e. The fraction of sp³-hybridized carbons (Fsp3) is 0.250. The molecule has 0 aliphatic heterocycles. The van der Waals surface area contributed by atoms with Crippen molar-refractivity contribution in [2.24, 2.45) is 0 Å². The van der Waals surface area contributed by atoms with Crippen molar-refractivity contribution >= 4 is 5.78 Å². The van der Waals surface area contributed by atoms with Crippen molar-refractivity contribution in [3.8, 4) is 5.75 Å². The lowest BCUT2D eigenvalue weighted by Crippen LogP contribution is -2.28. The number of rotatable bonds is 6. The van der Waals surface area contributed by atoms with Crippen molar-refractivity contribution < 1.29 is 14.3 Å². The molecular weight excluding hydrogens is 271 g/mol. The maximum absolute atomic E-state index is 13.1. The molecule has 0 amide bonds. The van der Waals surface area contributed by atoms with E-state index in [-0.39, 0.29) is 23.6 Å². The van der Waals surface area contributed by atoms with Crippen molar-refractivity contribution in [1.82, 2.24) is 9.88 Å². The number of carbonyl (C=O) groups is 1. The summed E-state index contributed by atoms with van der Waals surface area (Å²) in [6.07, 6.45) is 2.45. The summed E-state index contributed by atoms with van der Waals surface area (Å²) in [4.78, 5) is 18.1. The lowest BCUT2D eigenvalue weighted by atomic mass is 10.1. The zero-order valence-corrected chi connectivity index (χ0v) is 11.8. The highest BCUT2D eigenvalue weighted by Gasteiger charge is 2.14. The van der Waals surface area contributed by atoms with E-state index >= 15 is 0 Å². The molecule has 2 rings (SSSR count). The lowest BCUT2D eigenvalue weighted by molar-refractivity contribution is 0.0943. The molecule has 1 N–H and O–H groups in total. The summed E-state index contributed by atoms with van der Waals surface area (Å²) >= 11 is 0. The van der Waals surface area contributed by atoms with Crippen LogP contribution < -0.4 is 0 Å². The van der Waals surface area contributed by atoms with E-state index in [1.165, 1.54) is 6.07 Å². The molecule has 0 bridgehead atoms. The molecular formula is C16H17FN2O2. The Morgan fingerprint density at radius 3 is 2.86 bits per heavy atom. The number of ketones is 1. The number of nitrogens with zero attached hydrogens (tertiary/aromatic N) is 2. The van der Waals surface area contributed by atoms with Gasteiger partial charge in [0.2, 0.25) is 0 Å². The second-order valence-corrected chi connectivity index (χ2v) is 4.89. The van der Waals surface area contributed by atoms with Gasteiger partial charge in [0.15, 0.2) is 5.78 Å². The quantitative estimate of drug-likeness (QED) is 0.829. The fourth-order valence-corrected chi connectivity index (χ4v) is 1.99. The normalized spacial score (nSPS) is 10.8. The van der Waals surface area contributed by atoms with Gasteiger partial charge in [0.1, 0.15) is 11.6 Å². The number of pyridine rings is 1. The molecule has 110 valence electrons. The number of hydrogen-bond acceptors (Lipinski definition) is 4. The first kappa shape index (κ1) is 15.1. The topological polar surface area (TPSA) is 53.4 Å².